The molecule has 0 aliphatic heterocycles. The Hall–Kier alpha value is -1.81. The molecule has 0 amide bonds. The van der Waals surface area contributed by atoms with E-state index in [9.17, 15) is 4.79 Å². The van der Waals surface area contributed by atoms with Crippen LogP contribution in [0.15, 0.2) is 22.7 Å². The maximum atomic E-state index is 11.0. The summed E-state index contributed by atoms with van der Waals surface area (Å²) in [6.45, 7) is 3.88. The number of aryl methyl sites for hydroxylation is 2. The summed E-state index contributed by atoms with van der Waals surface area (Å²) in [7, 11) is 1.63. The number of benzene rings is 1. The highest BCUT2D eigenvalue weighted by atomic mass is 35.5. The number of ether oxygens (including phenoxy) is 1. The van der Waals surface area contributed by atoms with Crippen LogP contribution in [0.4, 0.5) is 0 Å². The van der Waals surface area contributed by atoms with Crippen LogP contribution in [0.25, 0.3) is 11.3 Å². The van der Waals surface area contributed by atoms with Crippen LogP contribution in [-0.4, -0.2) is 17.5 Å². The SMILES string of the molecule is COc1cc(C)c(-c2cc(C(=O)Cl)on2)cc1C. The van der Waals surface area contributed by atoms with Crippen LogP contribution in [0.5, 0.6) is 5.75 Å². The van der Waals surface area contributed by atoms with Gasteiger partial charge < -0.3 is 9.26 Å². The quantitative estimate of drug-likeness (QED) is 0.799. The van der Waals surface area contributed by atoms with Crippen LogP contribution in [0.1, 0.15) is 21.7 Å². The molecular weight excluding hydrogens is 254 g/mol. The van der Waals surface area contributed by atoms with Gasteiger partial charge in [0.25, 0.3) is 5.24 Å². The monoisotopic (exact) mass is 265 g/mol. The molecule has 1 aromatic heterocycles. The van der Waals surface area contributed by atoms with Gasteiger partial charge in [-0.2, -0.15) is 0 Å². The minimum atomic E-state index is -0.656. The number of rotatable bonds is 3. The van der Waals surface area contributed by atoms with Crippen LogP contribution in [-0.2, 0) is 0 Å². The minimum absolute atomic E-state index is 0.0412. The third-order valence-electron chi connectivity index (χ3n) is 2.72. The van der Waals surface area contributed by atoms with E-state index >= 15 is 0 Å². The van der Waals surface area contributed by atoms with Gasteiger partial charge in [0.05, 0.1) is 7.11 Å². The lowest BCUT2D eigenvalue weighted by Crippen LogP contribution is -1.91. The summed E-state index contributed by atoms with van der Waals surface area (Å²) < 4.78 is 10.1. The molecule has 1 aromatic carbocycles. The summed E-state index contributed by atoms with van der Waals surface area (Å²) in [6.07, 6.45) is 0. The first kappa shape index (κ1) is 12.6. The second-order valence-corrected chi connectivity index (χ2v) is 4.33. The molecule has 0 spiro atoms. The predicted octanol–water partition coefficient (Wildman–Crippen LogP) is 3.35. The van der Waals surface area contributed by atoms with Gasteiger partial charge in [-0.15, -0.1) is 0 Å². The van der Waals surface area contributed by atoms with Crippen molar-refractivity contribution in [2.75, 3.05) is 7.11 Å². The van der Waals surface area contributed by atoms with Gasteiger partial charge in [-0.05, 0) is 48.7 Å². The normalized spacial score (nSPS) is 10.4. The lowest BCUT2D eigenvalue weighted by molar-refractivity contribution is 0.104. The van der Waals surface area contributed by atoms with Crippen molar-refractivity contribution in [3.63, 3.8) is 0 Å². The highest BCUT2D eigenvalue weighted by molar-refractivity contribution is 6.67. The molecule has 0 N–H and O–H groups in total. The number of carbonyl (C=O) groups is 1. The van der Waals surface area contributed by atoms with Gasteiger partial charge in [-0.25, -0.2) is 0 Å². The van der Waals surface area contributed by atoms with Crippen LogP contribution in [0.3, 0.4) is 0 Å². The molecule has 0 saturated carbocycles. The maximum absolute atomic E-state index is 11.0. The first-order valence-corrected chi connectivity index (χ1v) is 5.73. The number of methoxy groups -OCH3 is 1. The molecule has 0 aliphatic carbocycles. The average Bonchev–Trinajstić information content (AvgIpc) is 2.81. The molecule has 4 nitrogen and oxygen atoms in total. The van der Waals surface area contributed by atoms with Crippen LogP contribution in [0, 0.1) is 13.8 Å². The van der Waals surface area contributed by atoms with Crippen molar-refractivity contribution in [3.8, 4) is 17.0 Å². The van der Waals surface area contributed by atoms with Gasteiger partial charge >= 0.3 is 0 Å². The topological polar surface area (TPSA) is 52.3 Å². The minimum Gasteiger partial charge on any atom is -0.496 e. The van der Waals surface area contributed by atoms with E-state index in [-0.39, 0.29) is 5.76 Å². The molecular formula is C13H12ClNO3. The smallest absolute Gasteiger partial charge is 0.290 e. The Morgan fingerprint density at radius 2 is 2.00 bits per heavy atom. The Morgan fingerprint density at radius 1 is 1.28 bits per heavy atom. The van der Waals surface area contributed by atoms with Crippen molar-refractivity contribution in [1.82, 2.24) is 5.16 Å². The summed E-state index contributed by atoms with van der Waals surface area (Å²) in [5.41, 5.74) is 3.45. The standard InChI is InChI=1S/C13H12ClNO3/c1-7-5-11(17-3)8(2)4-9(7)10-6-12(13(14)16)18-15-10/h4-6H,1-3H3. The zero-order valence-electron chi connectivity index (χ0n) is 10.3. The van der Waals surface area contributed by atoms with Crippen LogP contribution in [0.2, 0.25) is 0 Å². The number of hydrogen-bond donors (Lipinski definition) is 0. The largest absolute Gasteiger partial charge is 0.496 e. The zero-order chi connectivity index (χ0) is 13.3. The lowest BCUT2D eigenvalue weighted by atomic mass is 10.0. The van der Waals surface area contributed by atoms with Crippen LogP contribution >= 0.6 is 11.6 Å². The Labute approximate surface area is 109 Å². The predicted molar refractivity (Wildman–Crippen MR) is 68.1 cm³/mol. The van der Waals surface area contributed by atoms with Crippen molar-refractivity contribution < 1.29 is 14.1 Å². The van der Waals surface area contributed by atoms with Crippen molar-refractivity contribution in [2.45, 2.75) is 13.8 Å². The lowest BCUT2D eigenvalue weighted by Gasteiger charge is -2.09. The molecule has 94 valence electrons. The zero-order valence-corrected chi connectivity index (χ0v) is 11.0. The van der Waals surface area contributed by atoms with Gasteiger partial charge in [0.2, 0.25) is 5.76 Å². The van der Waals surface area contributed by atoms with Gasteiger partial charge in [0, 0.05) is 11.6 Å². The number of hydrogen-bond acceptors (Lipinski definition) is 4. The summed E-state index contributed by atoms with van der Waals surface area (Å²) in [5, 5.41) is 3.19. The fourth-order valence-corrected chi connectivity index (χ4v) is 1.87. The van der Waals surface area contributed by atoms with Gasteiger partial charge in [0.1, 0.15) is 11.4 Å². The molecule has 0 atom stereocenters. The van der Waals surface area contributed by atoms with E-state index in [4.69, 9.17) is 20.9 Å². The van der Waals surface area contributed by atoms with E-state index in [1.807, 2.05) is 26.0 Å². The van der Waals surface area contributed by atoms with Gasteiger partial charge in [-0.3, -0.25) is 4.79 Å². The molecule has 0 bridgehead atoms. The molecule has 2 rings (SSSR count). The van der Waals surface area contributed by atoms with E-state index < -0.39 is 5.24 Å². The van der Waals surface area contributed by atoms with E-state index in [0.29, 0.717) is 5.69 Å². The summed E-state index contributed by atoms with van der Waals surface area (Å²) in [4.78, 5) is 11.0. The van der Waals surface area contributed by atoms with Crippen molar-refractivity contribution >= 4 is 16.8 Å². The summed E-state index contributed by atoms with van der Waals surface area (Å²) in [6, 6.07) is 5.39. The van der Waals surface area contributed by atoms with Crippen molar-refractivity contribution in [1.29, 1.82) is 0 Å². The first-order chi connectivity index (χ1) is 8.52. The number of aromatic nitrogens is 1. The first-order valence-electron chi connectivity index (χ1n) is 5.35. The van der Waals surface area contributed by atoms with E-state index in [1.165, 1.54) is 6.07 Å². The molecule has 2 aromatic rings. The third kappa shape index (κ3) is 2.24. The van der Waals surface area contributed by atoms with E-state index in [0.717, 1.165) is 22.4 Å². The fraction of sp³-hybridized carbons (Fsp3) is 0.231. The molecule has 0 aliphatic rings. The highest BCUT2D eigenvalue weighted by Crippen LogP contribution is 2.29. The molecule has 5 heteroatoms. The highest BCUT2D eigenvalue weighted by Gasteiger charge is 2.14. The molecule has 1 heterocycles. The third-order valence-corrected chi connectivity index (χ3v) is 2.91. The fourth-order valence-electron chi connectivity index (χ4n) is 1.78. The van der Waals surface area contributed by atoms with Crippen LogP contribution < -0.4 is 4.74 Å². The second-order valence-electron chi connectivity index (χ2n) is 3.99. The van der Waals surface area contributed by atoms with E-state index in [2.05, 4.69) is 5.16 Å². The van der Waals surface area contributed by atoms with E-state index in [1.54, 1.807) is 7.11 Å². The summed E-state index contributed by atoms with van der Waals surface area (Å²) >= 11 is 5.33. The average molecular weight is 266 g/mol. The van der Waals surface area contributed by atoms with Crippen molar-refractivity contribution in [3.05, 3.63) is 35.1 Å². The van der Waals surface area contributed by atoms with Gasteiger partial charge in [-0.1, -0.05) is 5.16 Å². The van der Waals surface area contributed by atoms with Gasteiger partial charge in [0.15, 0.2) is 0 Å². The van der Waals surface area contributed by atoms with Crippen molar-refractivity contribution in [2.24, 2.45) is 0 Å². The molecule has 18 heavy (non-hydrogen) atoms. The number of halogens is 1. The Bertz CT molecular complexity index is 604. The Balaban J connectivity index is 2.50. The molecule has 0 unspecified atom stereocenters. The Morgan fingerprint density at radius 3 is 2.56 bits per heavy atom. The number of nitrogens with zero attached hydrogens (tertiary/aromatic N) is 1. The summed E-state index contributed by atoms with van der Waals surface area (Å²) in [5.74, 6) is 0.855. The second kappa shape index (κ2) is 4.82. The number of carbonyl (C=O) groups excluding carboxylic acids is 1. The molecule has 0 fully saturated rings. The maximum Gasteiger partial charge on any atom is 0.290 e. The molecule has 0 saturated heterocycles. The Kier molecular flexibility index (Phi) is 3.39. The molecule has 0 radical (unpaired) electrons.